The molecule has 1 aliphatic heterocycles. The minimum atomic E-state index is -0.857. The van der Waals surface area contributed by atoms with Crippen molar-refractivity contribution in [3.63, 3.8) is 0 Å². The van der Waals surface area contributed by atoms with Gasteiger partial charge in [0, 0.05) is 28.7 Å². The van der Waals surface area contributed by atoms with E-state index in [1.54, 1.807) is 67.8 Å². The Bertz CT molecular complexity index is 1260. The molecule has 1 N–H and O–H groups in total. The van der Waals surface area contributed by atoms with E-state index in [0.717, 1.165) is 5.56 Å². The van der Waals surface area contributed by atoms with Crippen molar-refractivity contribution in [3.05, 3.63) is 92.7 Å². The molecule has 1 amide bonds. The average molecular weight is 514 g/mol. The van der Waals surface area contributed by atoms with Gasteiger partial charge in [-0.1, -0.05) is 17.7 Å². The maximum atomic E-state index is 13.2. The number of methoxy groups -OCH3 is 1. The van der Waals surface area contributed by atoms with E-state index in [4.69, 9.17) is 16.3 Å². The molecule has 1 atom stereocenters. The summed E-state index contributed by atoms with van der Waals surface area (Å²) in [5.41, 5.74) is 2.20. The van der Waals surface area contributed by atoms with Crippen molar-refractivity contribution in [1.82, 2.24) is 4.98 Å². The van der Waals surface area contributed by atoms with E-state index in [1.807, 2.05) is 0 Å². The first-order chi connectivity index (χ1) is 15.3. The molecule has 1 aromatic heterocycles. The van der Waals surface area contributed by atoms with Gasteiger partial charge < -0.3 is 9.84 Å². The van der Waals surface area contributed by atoms with Gasteiger partial charge in [-0.3, -0.25) is 19.5 Å². The monoisotopic (exact) mass is 512 g/mol. The SMILES string of the molecule is COc1ccc(/C(O)=C2\C(=O)C(=O)N(c3ccc(Cl)cc3C)C2c2cccnc2)cc1Br. The van der Waals surface area contributed by atoms with E-state index in [0.29, 0.717) is 32.1 Å². The summed E-state index contributed by atoms with van der Waals surface area (Å²) in [6.07, 6.45) is 3.18. The van der Waals surface area contributed by atoms with Gasteiger partial charge in [-0.25, -0.2) is 0 Å². The first-order valence-electron chi connectivity index (χ1n) is 9.64. The molecule has 1 aliphatic rings. The summed E-state index contributed by atoms with van der Waals surface area (Å²) in [6, 6.07) is 12.6. The molecule has 8 heteroatoms. The molecule has 162 valence electrons. The predicted molar refractivity (Wildman–Crippen MR) is 126 cm³/mol. The molecule has 0 spiro atoms. The van der Waals surface area contributed by atoms with Gasteiger partial charge in [0.2, 0.25) is 0 Å². The van der Waals surface area contributed by atoms with Gasteiger partial charge >= 0.3 is 0 Å². The summed E-state index contributed by atoms with van der Waals surface area (Å²) >= 11 is 9.49. The smallest absolute Gasteiger partial charge is 0.300 e. The number of rotatable bonds is 4. The maximum absolute atomic E-state index is 13.2. The topological polar surface area (TPSA) is 79.7 Å². The molecule has 6 nitrogen and oxygen atoms in total. The van der Waals surface area contributed by atoms with E-state index in [1.165, 1.54) is 12.0 Å². The third-order valence-corrected chi connectivity index (χ3v) is 6.14. The second kappa shape index (κ2) is 8.76. The van der Waals surface area contributed by atoms with Crippen LogP contribution in [0.3, 0.4) is 0 Å². The fourth-order valence-corrected chi connectivity index (χ4v) is 4.56. The van der Waals surface area contributed by atoms with Crippen LogP contribution in [0.15, 0.2) is 71.0 Å². The molecule has 0 bridgehead atoms. The minimum Gasteiger partial charge on any atom is -0.507 e. The molecule has 0 aliphatic carbocycles. The van der Waals surface area contributed by atoms with Crippen LogP contribution in [-0.2, 0) is 9.59 Å². The summed E-state index contributed by atoms with van der Waals surface area (Å²) < 4.78 is 5.84. The van der Waals surface area contributed by atoms with E-state index >= 15 is 0 Å². The second-order valence-electron chi connectivity index (χ2n) is 7.24. The molecule has 1 saturated heterocycles. The number of benzene rings is 2. The summed E-state index contributed by atoms with van der Waals surface area (Å²) in [5.74, 6) is -1.23. The summed E-state index contributed by atoms with van der Waals surface area (Å²) in [4.78, 5) is 31.9. The number of halogens is 2. The molecule has 0 saturated carbocycles. The lowest BCUT2D eigenvalue weighted by atomic mass is 9.96. The first kappa shape index (κ1) is 22.0. The van der Waals surface area contributed by atoms with Crippen molar-refractivity contribution >= 4 is 50.7 Å². The van der Waals surface area contributed by atoms with Gasteiger partial charge in [0.15, 0.2) is 0 Å². The zero-order valence-electron chi connectivity index (χ0n) is 17.2. The number of amides is 1. The Morgan fingerprint density at radius 3 is 2.59 bits per heavy atom. The number of anilines is 1. The van der Waals surface area contributed by atoms with E-state index in [9.17, 15) is 14.7 Å². The van der Waals surface area contributed by atoms with Crippen molar-refractivity contribution in [2.24, 2.45) is 0 Å². The van der Waals surface area contributed by atoms with Crippen LogP contribution in [0.5, 0.6) is 5.75 Å². The Morgan fingerprint density at radius 1 is 1.19 bits per heavy atom. The highest BCUT2D eigenvalue weighted by Crippen LogP contribution is 2.43. The Labute approximate surface area is 198 Å². The lowest BCUT2D eigenvalue weighted by Crippen LogP contribution is -2.30. The van der Waals surface area contributed by atoms with E-state index < -0.39 is 17.7 Å². The number of ether oxygens (including phenoxy) is 1. The molecule has 1 fully saturated rings. The summed E-state index contributed by atoms with van der Waals surface area (Å²) in [7, 11) is 1.53. The van der Waals surface area contributed by atoms with Crippen molar-refractivity contribution in [2.45, 2.75) is 13.0 Å². The van der Waals surface area contributed by atoms with Gasteiger partial charge in [0.25, 0.3) is 11.7 Å². The van der Waals surface area contributed by atoms with Gasteiger partial charge in [-0.05, 0) is 76.4 Å². The number of nitrogens with zero attached hydrogens (tertiary/aromatic N) is 2. The molecular formula is C24H18BrClN2O4. The van der Waals surface area contributed by atoms with Crippen LogP contribution in [0.25, 0.3) is 5.76 Å². The number of aryl methyl sites for hydroxylation is 1. The quantitative estimate of drug-likeness (QED) is 0.285. The number of ketones is 1. The third kappa shape index (κ3) is 3.78. The van der Waals surface area contributed by atoms with Crippen LogP contribution in [0.1, 0.15) is 22.7 Å². The summed E-state index contributed by atoms with van der Waals surface area (Å²) in [6.45, 7) is 1.81. The fourth-order valence-electron chi connectivity index (χ4n) is 3.79. The maximum Gasteiger partial charge on any atom is 0.300 e. The second-order valence-corrected chi connectivity index (χ2v) is 8.53. The van der Waals surface area contributed by atoms with Gasteiger partial charge in [-0.2, -0.15) is 0 Å². The molecule has 4 rings (SSSR count). The normalized spacial score (nSPS) is 17.6. The number of aromatic nitrogens is 1. The molecule has 3 aromatic rings. The molecule has 32 heavy (non-hydrogen) atoms. The van der Waals surface area contributed by atoms with Gasteiger partial charge in [0.1, 0.15) is 11.5 Å². The van der Waals surface area contributed by atoms with Gasteiger partial charge in [-0.15, -0.1) is 0 Å². The van der Waals surface area contributed by atoms with Crippen LogP contribution in [0.2, 0.25) is 5.02 Å². The lowest BCUT2D eigenvalue weighted by molar-refractivity contribution is -0.132. The van der Waals surface area contributed by atoms with Crippen LogP contribution < -0.4 is 9.64 Å². The number of hydrogen-bond donors (Lipinski definition) is 1. The Hall–Kier alpha value is -3.16. The molecule has 0 radical (unpaired) electrons. The highest BCUT2D eigenvalue weighted by atomic mass is 79.9. The Kier molecular flexibility index (Phi) is 6.04. The Morgan fingerprint density at radius 2 is 1.97 bits per heavy atom. The molecule has 2 aromatic carbocycles. The van der Waals surface area contributed by atoms with E-state index in [-0.39, 0.29) is 11.3 Å². The zero-order chi connectivity index (χ0) is 23.0. The highest BCUT2D eigenvalue weighted by Gasteiger charge is 2.47. The number of carbonyl (C=O) groups is 2. The average Bonchev–Trinajstić information content (AvgIpc) is 3.04. The Balaban J connectivity index is 1.95. The van der Waals surface area contributed by atoms with Crippen molar-refractivity contribution in [1.29, 1.82) is 0 Å². The molecular weight excluding hydrogens is 496 g/mol. The van der Waals surface area contributed by atoms with Gasteiger partial charge in [0.05, 0.1) is 23.2 Å². The van der Waals surface area contributed by atoms with Crippen LogP contribution in [0, 0.1) is 6.92 Å². The lowest BCUT2D eigenvalue weighted by Gasteiger charge is -2.26. The largest absolute Gasteiger partial charge is 0.507 e. The standard InChI is InChI=1S/C24H18BrClN2O4/c1-13-10-16(26)6-7-18(13)28-21(15-4-3-9-27-12-15)20(23(30)24(28)31)22(29)14-5-8-19(32-2)17(25)11-14/h3-12,21,29H,1-2H3/b22-20+. The number of pyridine rings is 1. The fraction of sp³-hybridized carbons (Fsp3) is 0.125. The number of hydrogen-bond acceptors (Lipinski definition) is 5. The first-order valence-corrected chi connectivity index (χ1v) is 10.8. The number of aliphatic hydroxyl groups is 1. The van der Waals surface area contributed by atoms with Crippen molar-refractivity contribution in [2.75, 3.05) is 12.0 Å². The van der Waals surface area contributed by atoms with Crippen molar-refractivity contribution in [3.8, 4) is 5.75 Å². The van der Waals surface area contributed by atoms with Crippen LogP contribution in [-0.4, -0.2) is 28.9 Å². The summed E-state index contributed by atoms with van der Waals surface area (Å²) in [5, 5.41) is 11.7. The minimum absolute atomic E-state index is 0.0191. The van der Waals surface area contributed by atoms with Crippen LogP contribution >= 0.6 is 27.5 Å². The molecule has 2 heterocycles. The highest BCUT2D eigenvalue weighted by molar-refractivity contribution is 9.10. The molecule has 1 unspecified atom stereocenters. The van der Waals surface area contributed by atoms with E-state index in [2.05, 4.69) is 20.9 Å². The number of aliphatic hydroxyl groups excluding tert-OH is 1. The third-order valence-electron chi connectivity index (χ3n) is 5.29. The number of carbonyl (C=O) groups excluding carboxylic acids is 2. The van der Waals surface area contributed by atoms with Crippen LogP contribution in [0.4, 0.5) is 5.69 Å². The van der Waals surface area contributed by atoms with Crippen molar-refractivity contribution < 1.29 is 19.4 Å². The number of Topliss-reactive ketones (excluding diaryl/α,β-unsaturated/α-hetero) is 1. The predicted octanol–water partition coefficient (Wildman–Crippen LogP) is 5.44. The zero-order valence-corrected chi connectivity index (χ0v) is 19.5.